The molecule has 0 saturated heterocycles. The van der Waals surface area contributed by atoms with Crippen molar-refractivity contribution in [3.63, 3.8) is 0 Å². The highest BCUT2D eigenvalue weighted by atomic mass is 35.5. The van der Waals surface area contributed by atoms with Gasteiger partial charge < -0.3 is 0 Å². The van der Waals surface area contributed by atoms with Gasteiger partial charge in [0.1, 0.15) is 5.82 Å². The van der Waals surface area contributed by atoms with E-state index in [0.717, 1.165) is 30.5 Å². The van der Waals surface area contributed by atoms with Gasteiger partial charge in [-0.15, -0.1) is 0 Å². The molecule has 0 saturated carbocycles. The molecule has 2 aromatic rings. The van der Waals surface area contributed by atoms with Crippen molar-refractivity contribution in [3.8, 4) is 0 Å². The Labute approximate surface area is 134 Å². The lowest BCUT2D eigenvalue weighted by Gasteiger charge is -2.36. The van der Waals surface area contributed by atoms with Crippen molar-refractivity contribution in [2.45, 2.75) is 30.7 Å². The zero-order valence-electron chi connectivity index (χ0n) is 12.0. The van der Waals surface area contributed by atoms with Gasteiger partial charge in [0.05, 0.1) is 15.6 Å². The first-order valence-electron chi connectivity index (χ1n) is 6.98. The number of nitrogens with zero attached hydrogens (tertiary/aromatic N) is 1. The zero-order chi connectivity index (χ0) is 15.9. The second-order valence-electron chi connectivity index (χ2n) is 5.39. The van der Waals surface area contributed by atoms with Crippen LogP contribution >= 0.6 is 11.6 Å². The molecular formula is C16H15ClFNO2S. The largest absolute Gasteiger partial charge is 0.264 e. The van der Waals surface area contributed by atoms with Crippen LogP contribution in [0, 0.1) is 5.82 Å². The van der Waals surface area contributed by atoms with Crippen LogP contribution in [0.15, 0.2) is 47.4 Å². The Morgan fingerprint density at radius 2 is 1.95 bits per heavy atom. The molecule has 3 rings (SSSR count). The summed E-state index contributed by atoms with van der Waals surface area (Å²) in [6.45, 7) is 1.87. The van der Waals surface area contributed by atoms with Gasteiger partial charge >= 0.3 is 0 Å². The Kier molecular flexibility index (Phi) is 3.87. The lowest BCUT2D eigenvalue weighted by molar-refractivity contribution is 0.562. The molecule has 0 aromatic heterocycles. The summed E-state index contributed by atoms with van der Waals surface area (Å²) in [6, 6.07) is 10.8. The molecule has 0 unspecified atom stereocenters. The molecule has 0 bridgehead atoms. The summed E-state index contributed by atoms with van der Waals surface area (Å²) in [5.74, 6) is -0.632. The molecule has 0 spiro atoms. The van der Waals surface area contributed by atoms with Gasteiger partial charge in [0.2, 0.25) is 0 Å². The standard InChI is InChI=1S/C16H15ClFNO2S/c1-11-6-7-12-4-2-3-5-16(12)19(11)22(20,21)13-8-9-15(18)14(17)10-13/h2-5,8-11H,6-7H2,1H3/t11-/m0/s1. The molecule has 0 aliphatic carbocycles. The van der Waals surface area contributed by atoms with Crippen LogP contribution in [0.2, 0.25) is 5.02 Å². The first-order chi connectivity index (χ1) is 10.4. The molecule has 3 nitrogen and oxygen atoms in total. The summed E-state index contributed by atoms with van der Waals surface area (Å²) in [5.41, 5.74) is 1.68. The molecule has 1 atom stereocenters. The molecular weight excluding hydrogens is 325 g/mol. The summed E-state index contributed by atoms with van der Waals surface area (Å²) in [6.07, 6.45) is 1.58. The minimum atomic E-state index is -3.78. The highest BCUT2D eigenvalue weighted by molar-refractivity contribution is 7.92. The second kappa shape index (κ2) is 5.56. The maximum absolute atomic E-state index is 13.3. The van der Waals surface area contributed by atoms with Crippen LogP contribution in [0.3, 0.4) is 0 Å². The highest BCUT2D eigenvalue weighted by Gasteiger charge is 2.33. The topological polar surface area (TPSA) is 37.4 Å². The molecule has 116 valence electrons. The Morgan fingerprint density at radius 3 is 2.68 bits per heavy atom. The summed E-state index contributed by atoms with van der Waals surface area (Å²) in [7, 11) is -3.78. The predicted molar refractivity (Wildman–Crippen MR) is 85.3 cm³/mol. The first-order valence-corrected chi connectivity index (χ1v) is 8.80. The Morgan fingerprint density at radius 1 is 1.23 bits per heavy atom. The van der Waals surface area contributed by atoms with E-state index in [0.29, 0.717) is 5.69 Å². The fraction of sp³-hybridized carbons (Fsp3) is 0.250. The van der Waals surface area contributed by atoms with E-state index >= 15 is 0 Å². The lowest BCUT2D eigenvalue weighted by Crippen LogP contribution is -2.42. The van der Waals surface area contributed by atoms with Crippen LogP contribution in [0.25, 0.3) is 0 Å². The lowest BCUT2D eigenvalue weighted by atomic mass is 9.99. The number of benzene rings is 2. The van der Waals surface area contributed by atoms with E-state index in [1.165, 1.54) is 10.4 Å². The highest BCUT2D eigenvalue weighted by Crippen LogP contribution is 2.35. The number of aryl methyl sites for hydroxylation is 1. The molecule has 0 fully saturated rings. The maximum atomic E-state index is 13.3. The number of fused-ring (bicyclic) bond motifs is 1. The van der Waals surface area contributed by atoms with Gasteiger partial charge in [0.15, 0.2) is 0 Å². The third kappa shape index (κ3) is 2.48. The number of para-hydroxylation sites is 1. The number of anilines is 1. The van der Waals surface area contributed by atoms with Crippen LogP contribution in [0.5, 0.6) is 0 Å². The van der Waals surface area contributed by atoms with Gasteiger partial charge in [-0.05, 0) is 49.6 Å². The molecule has 1 aliphatic rings. The van der Waals surface area contributed by atoms with Crippen molar-refractivity contribution in [2.24, 2.45) is 0 Å². The second-order valence-corrected chi connectivity index (χ2v) is 7.62. The number of rotatable bonds is 2. The summed E-state index contributed by atoms with van der Waals surface area (Å²) in [5, 5.41) is -0.195. The zero-order valence-corrected chi connectivity index (χ0v) is 13.5. The van der Waals surface area contributed by atoms with Gasteiger partial charge in [-0.1, -0.05) is 29.8 Å². The van der Waals surface area contributed by atoms with E-state index in [4.69, 9.17) is 11.6 Å². The normalized spacial score (nSPS) is 18.1. The molecule has 2 aromatic carbocycles. The number of hydrogen-bond donors (Lipinski definition) is 0. The van der Waals surface area contributed by atoms with Crippen molar-refractivity contribution in [3.05, 3.63) is 58.9 Å². The van der Waals surface area contributed by atoms with Crippen LogP contribution in [-0.4, -0.2) is 14.5 Å². The van der Waals surface area contributed by atoms with Gasteiger partial charge in [-0.2, -0.15) is 0 Å². The number of halogens is 2. The van der Waals surface area contributed by atoms with Crippen LogP contribution in [0.4, 0.5) is 10.1 Å². The quantitative estimate of drug-likeness (QED) is 0.829. The summed E-state index contributed by atoms with van der Waals surface area (Å²) < 4.78 is 40.7. The third-order valence-corrected chi connectivity index (χ3v) is 6.12. The SMILES string of the molecule is C[C@H]1CCc2ccccc2N1S(=O)(=O)c1ccc(F)c(Cl)c1. The molecule has 1 aliphatic heterocycles. The van der Waals surface area contributed by atoms with Gasteiger partial charge in [-0.3, -0.25) is 4.31 Å². The van der Waals surface area contributed by atoms with Crippen molar-refractivity contribution in [1.82, 2.24) is 0 Å². The van der Waals surface area contributed by atoms with E-state index in [-0.39, 0.29) is 16.0 Å². The number of sulfonamides is 1. The predicted octanol–water partition coefficient (Wildman–Crippen LogP) is 4.01. The smallest absolute Gasteiger partial charge is 0.263 e. The fourth-order valence-corrected chi connectivity index (χ4v) is 4.77. The minimum Gasteiger partial charge on any atom is -0.263 e. The minimum absolute atomic E-state index is 0.00227. The van der Waals surface area contributed by atoms with Crippen LogP contribution < -0.4 is 4.31 Å². The van der Waals surface area contributed by atoms with E-state index in [2.05, 4.69) is 0 Å². The van der Waals surface area contributed by atoms with Crippen molar-refractivity contribution >= 4 is 27.3 Å². The van der Waals surface area contributed by atoms with Gasteiger partial charge in [0.25, 0.3) is 10.0 Å². The Hall–Kier alpha value is -1.59. The average molecular weight is 340 g/mol. The molecule has 0 radical (unpaired) electrons. The monoisotopic (exact) mass is 339 g/mol. The molecule has 0 amide bonds. The fourth-order valence-electron chi connectivity index (χ4n) is 2.77. The van der Waals surface area contributed by atoms with Gasteiger partial charge in [-0.25, -0.2) is 12.8 Å². The van der Waals surface area contributed by atoms with Gasteiger partial charge in [0, 0.05) is 6.04 Å². The molecule has 22 heavy (non-hydrogen) atoms. The van der Waals surface area contributed by atoms with Crippen LogP contribution in [0.1, 0.15) is 18.9 Å². The summed E-state index contributed by atoms with van der Waals surface area (Å²) >= 11 is 5.74. The van der Waals surface area contributed by atoms with Crippen molar-refractivity contribution in [2.75, 3.05) is 4.31 Å². The van der Waals surface area contributed by atoms with E-state index in [1.807, 2.05) is 25.1 Å². The third-order valence-electron chi connectivity index (χ3n) is 3.91. The first kappa shape index (κ1) is 15.3. The molecule has 1 heterocycles. The summed E-state index contributed by atoms with van der Waals surface area (Å²) in [4.78, 5) is 0.00227. The van der Waals surface area contributed by atoms with Crippen LogP contribution in [-0.2, 0) is 16.4 Å². The van der Waals surface area contributed by atoms with E-state index < -0.39 is 15.8 Å². The van der Waals surface area contributed by atoms with Crippen molar-refractivity contribution < 1.29 is 12.8 Å². The average Bonchev–Trinajstić information content (AvgIpc) is 2.49. The Balaban J connectivity index is 2.14. The maximum Gasteiger partial charge on any atom is 0.264 e. The van der Waals surface area contributed by atoms with E-state index in [9.17, 15) is 12.8 Å². The molecule has 6 heteroatoms. The van der Waals surface area contributed by atoms with E-state index in [1.54, 1.807) is 6.07 Å². The molecule has 0 N–H and O–H groups in total. The Bertz CT molecular complexity index is 823. The number of hydrogen-bond acceptors (Lipinski definition) is 2. The van der Waals surface area contributed by atoms with Crippen molar-refractivity contribution in [1.29, 1.82) is 0 Å².